The van der Waals surface area contributed by atoms with Gasteiger partial charge in [-0.15, -0.1) is 0 Å². The largest absolute Gasteiger partial charge is 0.382 e. The van der Waals surface area contributed by atoms with Gasteiger partial charge in [-0.05, 0) is 27.6 Å². The number of hydrogen-bond acceptors (Lipinski definition) is 2. The van der Waals surface area contributed by atoms with E-state index >= 15 is 0 Å². The van der Waals surface area contributed by atoms with Gasteiger partial charge in [0.15, 0.2) is 0 Å². The molecule has 18 heavy (non-hydrogen) atoms. The molecule has 2 rings (SSSR count). The van der Waals surface area contributed by atoms with Crippen LogP contribution in [0.1, 0.15) is 29.4 Å². The third kappa shape index (κ3) is 2.44. The quantitative estimate of drug-likeness (QED) is 0.944. The Kier molecular flexibility index (Phi) is 3.77. The van der Waals surface area contributed by atoms with Crippen LogP contribution < -0.4 is 0 Å². The number of rotatable bonds is 3. The minimum atomic E-state index is -2.55. The Balaban J connectivity index is 2.40. The molecule has 0 bridgehead atoms. The van der Waals surface area contributed by atoms with Gasteiger partial charge in [0, 0.05) is 12.6 Å². The van der Waals surface area contributed by atoms with Crippen molar-refractivity contribution in [3.63, 3.8) is 0 Å². The number of benzene rings is 1. The minimum absolute atomic E-state index is 0.107. The molecule has 0 aliphatic carbocycles. The van der Waals surface area contributed by atoms with Crippen molar-refractivity contribution in [2.24, 2.45) is 7.05 Å². The molecule has 1 atom stereocenters. The lowest BCUT2D eigenvalue weighted by atomic mass is 10.0. The molecule has 1 aromatic heterocycles. The van der Waals surface area contributed by atoms with Gasteiger partial charge in [0.2, 0.25) is 0 Å². The number of hydrogen-bond donors (Lipinski definition) is 1. The fourth-order valence-electron chi connectivity index (χ4n) is 1.75. The third-order valence-corrected chi connectivity index (χ3v) is 3.29. The summed E-state index contributed by atoms with van der Waals surface area (Å²) in [7, 11) is 1.68. The van der Waals surface area contributed by atoms with Crippen molar-refractivity contribution in [3.05, 3.63) is 51.8 Å². The topological polar surface area (TPSA) is 38.0 Å². The second-order valence-electron chi connectivity index (χ2n) is 3.87. The first-order valence-electron chi connectivity index (χ1n) is 5.24. The van der Waals surface area contributed by atoms with Gasteiger partial charge in [-0.1, -0.05) is 18.2 Å². The Labute approximate surface area is 111 Å². The molecule has 0 radical (unpaired) electrons. The van der Waals surface area contributed by atoms with Crippen molar-refractivity contribution < 1.29 is 13.9 Å². The van der Waals surface area contributed by atoms with E-state index in [2.05, 4.69) is 21.0 Å². The van der Waals surface area contributed by atoms with Gasteiger partial charge in [0.1, 0.15) is 6.10 Å². The molecule has 0 saturated heterocycles. The summed E-state index contributed by atoms with van der Waals surface area (Å²) in [6, 6.07) is 5.74. The molecule has 3 nitrogen and oxygen atoms in total. The summed E-state index contributed by atoms with van der Waals surface area (Å²) >= 11 is 3.27. The maximum atomic E-state index is 12.6. The van der Waals surface area contributed by atoms with E-state index in [1.807, 2.05) is 0 Å². The van der Waals surface area contributed by atoms with E-state index in [0.29, 0.717) is 15.7 Å². The summed E-state index contributed by atoms with van der Waals surface area (Å²) in [5.74, 6) is 0. The number of aromatic nitrogens is 2. The van der Waals surface area contributed by atoms with Gasteiger partial charge in [0.25, 0.3) is 6.43 Å². The van der Waals surface area contributed by atoms with Gasteiger partial charge < -0.3 is 5.11 Å². The van der Waals surface area contributed by atoms with Crippen molar-refractivity contribution in [2.45, 2.75) is 12.5 Å². The smallest absolute Gasteiger partial charge is 0.263 e. The molecule has 1 heterocycles. The van der Waals surface area contributed by atoms with Gasteiger partial charge in [-0.25, -0.2) is 8.78 Å². The number of aliphatic hydroxyl groups excluding tert-OH is 1. The van der Waals surface area contributed by atoms with Crippen LogP contribution in [0.5, 0.6) is 0 Å². The zero-order valence-corrected chi connectivity index (χ0v) is 11.1. The van der Waals surface area contributed by atoms with Crippen LogP contribution in [0, 0.1) is 0 Å². The molecular formula is C12H11BrF2N2O. The van der Waals surface area contributed by atoms with E-state index in [-0.39, 0.29) is 5.56 Å². The first-order valence-corrected chi connectivity index (χ1v) is 6.03. The van der Waals surface area contributed by atoms with Crippen LogP contribution in [-0.2, 0) is 7.05 Å². The Hall–Kier alpha value is -1.27. The summed E-state index contributed by atoms with van der Waals surface area (Å²) in [6.07, 6.45) is -1.99. The van der Waals surface area contributed by atoms with Crippen LogP contribution in [0.2, 0.25) is 0 Å². The average molecular weight is 317 g/mol. The lowest BCUT2D eigenvalue weighted by Gasteiger charge is -2.13. The molecular weight excluding hydrogens is 306 g/mol. The van der Waals surface area contributed by atoms with Crippen LogP contribution in [0.4, 0.5) is 8.78 Å². The first-order chi connectivity index (χ1) is 8.50. The van der Waals surface area contributed by atoms with Gasteiger partial charge in [-0.2, -0.15) is 5.10 Å². The van der Waals surface area contributed by atoms with Crippen molar-refractivity contribution in [3.8, 4) is 0 Å². The molecule has 0 spiro atoms. The van der Waals surface area contributed by atoms with Crippen molar-refractivity contribution in [1.82, 2.24) is 9.78 Å². The molecule has 96 valence electrons. The lowest BCUT2D eigenvalue weighted by molar-refractivity contribution is 0.150. The fourth-order valence-corrected chi connectivity index (χ4v) is 2.32. The van der Waals surface area contributed by atoms with Gasteiger partial charge in [-0.3, -0.25) is 4.68 Å². The highest BCUT2D eigenvalue weighted by Crippen LogP contribution is 2.30. The number of aliphatic hydroxyl groups is 1. The highest BCUT2D eigenvalue weighted by Gasteiger charge is 2.19. The predicted molar refractivity (Wildman–Crippen MR) is 66.4 cm³/mol. The molecule has 0 saturated carbocycles. The van der Waals surface area contributed by atoms with Gasteiger partial charge in [0.05, 0.1) is 16.4 Å². The van der Waals surface area contributed by atoms with Crippen molar-refractivity contribution in [1.29, 1.82) is 0 Å². The van der Waals surface area contributed by atoms with Crippen LogP contribution in [-0.4, -0.2) is 14.9 Å². The summed E-state index contributed by atoms with van der Waals surface area (Å²) < 4.78 is 27.3. The molecule has 6 heteroatoms. The summed E-state index contributed by atoms with van der Waals surface area (Å²) in [5.41, 5.74) is 0.836. The van der Waals surface area contributed by atoms with E-state index in [9.17, 15) is 13.9 Å². The zero-order valence-electron chi connectivity index (χ0n) is 9.52. The third-order valence-electron chi connectivity index (χ3n) is 2.68. The summed E-state index contributed by atoms with van der Waals surface area (Å²) in [4.78, 5) is 0. The van der Waals surface area contributed by atoms with E-state index < -0.39 is 12.5 Å². The Bertz CT molecular complexity index is 537. The highest BCUT2D eigenvalue weighted by molar-refractivity contribution is 9.10. The Morgan fingerprint density at radius 3 is 2.56 bits per heavy atom. The number of nitrogens with zero attached hydrogens (tertiary/aromatic N) is 2. The summed E-state index contributed by atoms with van der Waals surface area (Å²) in [5, 5.41) is 14.2. The average Bonchev–Trinajstić information content (AvgIpc) is 2.68. The molecule has 1 unspecified atom stereocenters. The Morgan fingerprint density at radius 1 is 1.33 bits per heavy atom. The van der Waals surface area contributed by atoms with Crippen molar-refractivity contribution in [2.75, 3.05) is 0 Å². The maximum absolute atomic E-state index is 12.6. The lowest BCUT2D eigenvalue weighted by Crippen LogP contribution is -2.07. The second kappa shape index (κ2) is 5.16. The molecule has 0 aliphatic rings. The van der Waals surface area contributed by atoms with E-state index in [0.717, 1.165) is 0 Å². The summed E-state index contributed by atoms with van der Waals surface area (Å²) in [6.45, 7) is 0. The monoisotopic (exact) mass is 316 g/mol. The number of alkyl halides is 2. The molecule has 0 aliphatic heterocycles. The second-order valence-corrected chi connectivity index (χ2v) is 4.73. The van der Waals surface area contributed by atoms with E-state index in [4.69, 9.17) is 0 Å². The van der Waals surface area contributed by atoms with Crippen LogP contribution >= 0.6 is 15.9 Å². The number of aryl methyl sites for hydroxylation is 1. The van der Waals surface area contributed by atoms with E-state index in [1.54, 1.807) is 19.3 Å². The molecule has 2 aromatic rings. The zero-order chi connectivity index (χ0) is 13.3. The molecule has 1 N–H and O–H groups in total. The van der Waals surface area contributed by atoms with Crippen LogP contribution in [0.15, 0.2) is 34.9 Å². The predicted octanol–water partition coefficient (Wildman–Crippen LogP) is 3.20. The number of halogens is 3. The first kappa shape index (κ1) is 13.2. The molecule has 0 amide bonds. The SMILES string of the molecule is Cn1ncc(Br)c1C(O)c1cccc(C(F)F)c1. The normalized spacial score (nSPS) is 13.0. The molecule has 1 aromatic carbocycles. The maximum Gasteiger partial charge on any atom is 0.263 e. The van der Waals surface area contributed by atoms with Crippen LogP contribution in [0.3, 0.4) is 0 Å². The highest BCUT2D eigenvalue weighted by atomic mass is 79.9. The van der Waals surface area contributed by atoms with Gasteiger partial charge >= 0.3 is 0 Å². The fraction of sp³-hybridized carbons (Fsp3) is 0.250. The standard InChI is InChI=1S/C12H11BrF2N2O/c1-17-10(9(13)6-16-17)11(18)7-3-2-4-8(5-7)12(14)15/h2-6,11-12,18H,1H3. The minimum Gasteiger partial charge on any atom is -0.382 e. The van der Waals surface area contributed by atoms with Crippen molar-refractivity contribution >= 4 is 15.9 Å². The van der Waals surface area contributed by atoms with Crippen LogP contribution in [0.25, 0.3) is 0 Å². The molecule has 0 fully saturated rings. The Morgan fingerprint density at radius 2 is 2.00 bits per heavy atom. The van der Waals surface area contributed by atoms with E-state index in [1.165, 1.54) is 22.9 Å².